The number of nitrogens with zero attached hydrogens (tertiary/aromatic N) is 1. The van der Waals surface area contributed by atoms with Crippen LogP contribution in [0.25, 0.3) is 0 Å². The first kappa shape index (κ1) is 13.0. The summed E-state index contributed by atoms with van der Waals surface area (Å²) in [5.74, 6) is -2.70. The van der Waals surface area contributed by atoms with Crippen LogP contribution in [0.3, 0.4) is 0 Å². The van der Waals surface area contributed by atoms with Crippen LogP contribution in [0.1, 0.15) is 38.5 Å². The van der Waals surface area contributed by atoms with E-state index in [9.17, 15) is 14.7 Å². The predicted octanol–water partition coefficient (Wildman–Crippen LogP) is 3.96. The third kappa shape index (κ3) is 1.86. The summed E-state index contributed by atoms with van der Waals surface area (Å²) in [5, 5.41) is 9.30. The molecule has 102 valence electrons. The van der Waals surface area contributed by atoms with Gasteiger partial charge in [0.2, 0.25) is 0 Å². The molecule has 0 N–H and O–H groups in total. The van der Waals surface area contributed by atoms with Gasteiger partial charge in [-0.25, -0.2) is 0 Å². The van der Waals surface area contributed by atoms with Gasteiger partial charge in [0.25, 0.3) is 10.9 Å². The van der Waals surface area contributed by atoms with Gasteiger partial charge in [0.15, 0.2) is 0 Å². The van der Waals surface area contributed by atoms with Crippen LogP contribution in [-0.2, 0) is 9.40 Å². The molecule has 4 rings (SSSR count). The van der Waals surface area contributed by atoms with Gasteiger partial charge in [0.05, 0.1) is 5.16 Å². The number of hydrogen-bond acceptors (Lipinski definition) is 4. The molecule has 4 bridgehead atoms. The van der Waals surface area contributed by atoms with Crippen molar-refractivity contribution in [1.82, 2.24) is 0 Å². The molecule has 18 heavy (non-hydrogen) atoms. The highest BCUT2D eigenvalue weighted by Crippen LogP contribution is 2.78. The van der Waals surface area contributed by atoms with Crippen LogP contribution in [0.5, 0.6) is 0 Å². The molecular formula is C10H14Cl2NO4P. The van der Waals surface area contributed by atoms with Crippen molar-refractivity contribution < 1.29 is 14.5 Å². The molecule has 8 heteroatoms. The van der Waals surface area contributed by atoms with E-state index in [1.807, 2.05) is 0 Å². The molecule has 0 aliphatic heterocycles. The zero-order valence-electron chi connectivity index (χ0n) is 9.68. The van der Waals surface area contributed by atoms with Crippen molar-refractivity contribution in [1.29, 1.82) is 0 Å². The van der Waals surface area contributed by atoms with E-state index >= 15 is 0 Å². The molecule has 4 saturated carbocycles. The fourth-order valence-electron chi connectivity index (χ4n) is 4.70. The lowest BCUT2D eigenvalue weighted by Crippen LogP contribution is -2.59. The van der Waals surface area contributed by atoms with Crippen LogP contribution in [0, 0.1) is 22.0 Å². The Bertz CT molecular complexity index is 437. The summed E-state index contributed by atoms with van der Waals surface area (Å²) >= 11 is 11.9. The van der Waals surface area contributed by atoms with Gasteiger partial charge >= 0.3 is 0 Å². The molecule has 2 atom stereocenters. The van der Waals surface area contributed by atoms with Gasteiger partial charge in [-0.3, -0.25) is 4.57 Å². The highest BCUT2D eigenvalue weighted by molar-refractivity contribution is 8.09. The van der Waals surface area contributed by atoms with Crippen LogP contribution >= 0.6 is 28.3 Å². The molecule has 0 aromatic heterocycles. The fourth-order valence-corrected chi connectivity index (χ4v) is 7.30. The van der Waals surface area contributed by atoms with Crippen molar-refractivity contribution in [2.75, 3.05) is 0 Å². The van der Waals surface area contributed by atoms with Gasteiger partial charge in [-0.05, 0) is 72.8 Å². The summed E-state index contributed by atoms with van der Waals surface area (Å²) in [7, 11) is 0. The summed E-state index contributed by atoms with van der Waals surface area (Å²) in [6, 6.07) is 0. The normalized spacial score (nSPS) is 46.1. The van der Waals surface area contributed by atoms with E-state index in [0.29, 0.717) is 31.1 Å². The molecule has 0 spiro atoms. The Morgan fingerprint density at radius 3 is 2.22 bits per heavy atom. The van der Waals surface area contributed by atoms with Gasteiger partial charge in [0.1, 0.15) is 5.60 Å². The van der Waals surface area contributed by atoms with Crippen LogP contribution in [-0.4, -0.2) is 15.8 Å². The van der Waals surface area contributed by atoms with Gasteiger partial charge < -0.3 is 4.84 Å². The van der Waals surface area contributed by atoms with Crippen molar-refractivity contribution in [3.63, 3.8) is 0 Å². The Kier molecular flexibility index (Phi) is 2.73. The van der Waals surface area contributed by atoms with Gasteiger partial charge in [0, 0.05) is 0 Å². The highest BCUT2D eigenvalue weighted by Gasteiger charge is 2.64. The third-order valence-corrected chi connectivity index (χ3v) is 8.58. The minimum atomic E-state index is -3.31. The second kappa shape index (κ2) is 3.77. The minimum Gasteiger partial charge on any atom is -0.307 e. The molecular weight excluding hydrogens is 300 g/mol. The second-order valence-corrected chi connectivity index (χ2v) is 11.4. The number of halogens is 2. The average molecular weight is 314 g/mol. The zero-order chi connectivity index (χ0) is 13.2. The summed E-state index contributed by atoms with van der Waals surface area (Å²) < 4.78 is 12.2. The molecule has 4 aliphatic rings. The molecule has 0 amide bonds. The summed E-state index contributed by atoms with van der Waals surface area (Å²) in [4.78, 5) is 15.6. The zero-order valence-corrected chi connectivity index (χ0v) is 12.1. The Hall–Kier alpha value is 0.01000. The number of hydrogen-bond donors (Lipinski definition) is 0. The average Bonchev–Trinajstić information content (AvgIpc) is 2.10. The molecule has 4 aliphatic carbocycles. The van der Waals surface area contributed by atoms with E-state index in [0.717, 1.165) is 19.3 Å². The monoisotopic (exact) mass is 313 g/mol. The highest BCUT2D eigenvalue weighted by atomic mass is 35.9. The van der Waals surface area contributed by atoms with Crippen LogP contribution in [0.15, 0.2) is 0 Å². The Balaban J connectivity index is 1.98. The first-order valence-electron chi connectivity index (χ1n) is 6.07. The summed E-state index contributed by atoms with van der Waals surface area (Å²) in [6.07, 6.45) is 4.16. The fraction of sp³-hybridized carbons (Fsp3) is 1.00. The smallest absolute Gasteiger partial charge is 0.295 e. The maximum atomic E-state index is 12.2. The van der Waals surface area contributed by atoms with Crippen molar-refractivity contribution in [3.05, 3.63) is 10.1 Å². The SMILES string of the molecule is O=[N+]([O-])OC12CC3CC(C1)CC(P(=O)(Cl)Cl)(C3)C2. The van der Waals surface area contributed by atoms with Crippen LogP contribution < -0.4 is 0 Å². The molecule has 0 aromatic rings. The standard InChI is InChI=1S/C10H14Cl2NO4P/c11-18(12,16)10-4-7-1-8(5-10)3-9(2-7,6-10)17-13(14)15/h7-8H,1-6H2. The third-order valence-electron chi connectivity index (χ3n) is 4.80. The van der Waals surface area contributed by atoms with Gasteiger partial charge in [-0.15, -0.1) is 10.1 Å². The molecule has 0 aromatic carbocycles. The van der Waals surface area contributed by atoms with E-state index in [1.165, 1.54) is 0 Å². The Morgan fingerprint density at radius 2 is 1.78 bits per heavy atom. The first-order chi connectivity index (χ1) is 8.24. The van der Waals surface area contributed by atoms with E-state index in [1.54, 1.807) is 0 Å². The molecule has 4 fully saturated rings. The van der Waals surface area contributed by atoms with E-state index in [4.69, 9.17) is 27.3 Å². The second-order valence-electron chi connectivity index (χ2n) is 6.15. The van der Waals surface area contributed by atoms with Crippen molar-refractivity contribution >= 4 is 28.3 Å². The van der Waals surface area contributed by atoms with Crippen molar-refractivity contribution in [2.45, 2.75) is 49.3 Å². The topological polar surface area (TPSA) is 69.4 Å². The molecule has 2 unspecified atom stereocenters. The van der Waals surface area contributed by atoms with Gasteiger partial charge in [-0.1, -0.05) is 0 Å². The minimum absolute atomic E-state index is 0.303. The quantitative estimate of drug-likeness (QED) is 0.449. The van der Waals surface area contributed by atoms with E-state index in [2.05, 4.69) is 0 Å². The lowest BCUT2D eigenvalue weighted by atomic mass is 9.54. The maximum absolute atomic E-state index is 12.2. The Labute approximate surface area is 114 Å². The van der Waals surface area contributed by atoms with Gasteiger partial charge in [-0.2, -0.15) is 0 Å². The summed E-state index contributed by atoms with van der Waals surface area (Å²) in [6.45, 7) is 0. The molecule has 0 radical (unpaired) electrons. The lowest BCUT2D eigenvalue weighted by Gasteiger charge is -2.60. The summed E-state index contributed by atoms with van der Waals surface area (Å²) in [5.41, 5.74) is -0.799. The van der Waals surface area contributed by atoms with E-state index in [-0.39, 0.29) is 0 Å². The lowest BCUT2D eigenvalue weighted by molar-refractivity contribution is -0.785. The van der Waals surface area contributed by atoms with Crippen LogP contribution in [0.2, 0.25) is 0 Å². The maximum Gasteiger partial charge on any atom is 0.295 e. The molecule has 0 heterocycles. The van der Waals surface area contributed by atoms with Crippen LogP contribution in [0.4, 0.5) is 0 Å². The first-order valence-corrected chi connectivity index (χ1v) is 9.58. The molecule has 0 saturated heterocycles. The Morgan fingerprint density at radius 1 is 1.22 bits per heavy atom. The molecule has 5 nitrogen and oxygen atoms in total. The van der Waals surface area contributed by atoms with E-state index < -0.39 is 21.7 Å². The predicted molar refractivity (Wildman–Crippen MR) is 67.5 cm³/mol. The number of rotatable bonds is 3. The van der Waals surface area contributed by atoms with Crippen molar-refractivity contribution in [2.24, 2.45) is 11.8 Å². The largest absolute Gasteiger partial charge is 0.307 e. The van der Waals surface area contributed by atoms with Crippen molar-refractivity contribution in [3.8, 4) is 0 Å².